The molecule has 2 aliphatic rings. The first kappa shape index (κ1) is 18.7. The number of nitrogens with one attached hydrogen (secondary N) is 2. The van der Waals surface area contributed by atoms with Crippen LogP contribution in [0.15, 0.2) is 23.6 Å². The fourth-order valence-corrected chi connectivity index (χ4v) is 6.49. The Morgan fingerprint density at radius 1 is 1.26 bits per heavy atom. The average molecular weight is 446 g/mol. The molecular formula is C16H16ClN3O4S3. The number of nitrogens with zero attached hydrogens (tertiary/aromatic N) is 1. The molecule has 1 saturated heterocycles. The van der Waals surface area contributed by atoms with Gasteiger partial charge in [-0.15, -0.1) is 22.9 Å². The molecule has 0 amide bonds. The number of sulfone groups is 1. The largest absolute Gasteiger partial charge is 0.486 e. The minimum Gasteiger partial charge on any atom is -0.486 e. The molecule has 7 nitrogen and oxygen atoms in total. The Morgan fingerprint density at radius 2 is 2.04 bits per heavy atom. The van der Waals surface area contributed by atoms with Crippen LogP contribution >= 0.6 is 35.2 Å². The lowest BCUT2D eigenvalue weighted by molar-refractivity contribution is 0.171. The van der Waals surface area contributed by atoms with Gasteiger partial charge in [0.1, 0.15) is 13.2 Å². The first-order valence-corrected chi connectivity index (χ1v) is 11.7. The van der Waals surface area contributed by atoms with Crippen LogP contribution in [-0.4, -0.2) is 54.7 Å². The highest BCUT2D eigenvalue weighted by Gasteiger charge is 2.36. The highest BCUT2D eigenvalue weighted by molar-refractivity contribution is 7.91. The summed E-state index contributed by atoms with van der Waals surface area (Å²) in [5, 5.41) is 8.25. The Labute approximate surface area is 171 Å². The van der Waals surface area contributed by atoms with E-state index in [0.717, 1.165) is 17.0 Å². The molecule has 1 aromatic carbocycles. The van der Waals surface area contributed by atoms with Crippen molar-refractivity contribution in [2.45, 2.75) is 11.4 Å². The van der Waals surface area contributed by atoms with E-state index in [1.54, 1.807) is 0 Å². The summed E-state index contributed by atoms with van der Waals surface area (Å²) < 4.78 is 34.4. The number of hydrogen-bond donors (Lipinski definition) is 2. The zero-order valence-electron chi connectivity index (χ0n) is 14.0. The zero-order valence-corrected chi connectivity index (χ0v) is 17.2. The molecule has 11 heteroatoms. The van der Waals surface area contributed by atoms with Gasteiger partial charge in [-0.3, -0.25) is 0 Å². The van der Waals surface area contributed by atoms with Crippen LogP contribution in [0.4, 0.5) is 5.13 Å². The zero-order chi connectivity index (χ0) is 19.0. The highest BCUT2D eigenvalue weighted by atomic mass is 35.5. The maximum absolute atomic E-state index is 11.6. The number of rotatable bonds is 3. The van der Waals surface area contributed by atoms with E-state index in [4.69, 9.17) is 33.3 Å². The van der Waals surface area contributed by atoms with Crippen LogP contribution in [0, 0.1) is 0 Å². The van der Waals surface area contributed by atoms with Crippen molar-refractivity contribution in [3.05, 3.63) is 23.6 Å². The van der Waals surface area contributed by atoms with Crippen molar-refractivity contribution in [2.24, 2.45) is 0 Å². The lowest BCUT2D eigenvalue weighted by Gasteiger charge is -2.18. The summed E-state index contributed by atoms with van der Waals surface area (Å²) in [6.07, 6.45) is 0. The summed E-state index contributed by atoms with van der Waals surface area (Å²) in [6.45, 7) is 1.08. The second-order valence-electron chi connectivity index (χ2n) is 6.19. The Kier molecular flexibility index (Phi) is 5.15. The first-order valence-electron chi connectivity index (χ1n) is 8.17. The van der Waals surface area contributed by atoms with Crippen LogP contribution in [0.5, 0.6) is 11.5 Å². The predicted octanol–water partition coefficient (Wildman–Crippen LogP) is 2.27. The topological polar surface area (TPSA) is 89.6 Å². The average Bonchev–Trinajstić information content (AvgIpc) is 3.18. The molecule has 0 radical (unpaired) electrons. The number of halogens is 1. The number of anilines is 1. The van der Waals surface area contributed by atoms with Crippen molar-refractivity contribution < 1.29 is 17.9 Å². The summed E-state index contributed by atoms with van der Waals surface area (Å²) in [5.41, 5.74) is 1.69. The fraction of sp³-hybridized carbons (Fsp3) is 0.375. The van der Waals surface area contributed by atoms with E-state index < -0.39 is 21.3 Å². The molecular weight excluding hydrogens is 430 g/mol. The van der Waals surface area contributed by atoms with Crippen molar-refractivity contribution in [1.29, 1.82) is 0 Å². The molecule has 2 N–H and O–H groups in total. The summed E-state index contributed by atoms with van der Waals surface area (Å²) in [5.74, 6) is 1.36. The van der Waals surface area contributed by atoms with Crippen LogP contribution in [0.3, 0.4) is 0 Å². The molecule has 4 rings (SSSR count). The van der Waals surface area contributed by atoms with Gasteiger partial charge < -0.3 is 20.1 Å². The molecule has 3 heterocycles. The van der Waals surface area contributed by atoms with Crippen LogP contribution in [0.2, 0.25) is 0 Å². The molecule has 27 heavy (non-hydrogen) atoms. The van der Waals surface area contributed by atoms with Crippen molar-refractivity contribution in [3.8, 4) is 22.8 Å². The summed E-state index contributed by atoms with van der Waals surface area (Å²) in [6, 6.07) is 5.27. The van der Waals surface area contributed by atoms with Gasteiger partial charge in [0, 0.05) is 10.9 Å². The second-order valence-corrected chi connectivity index (χ2v) is 10.2. The molecule has 0 bridgehead atoms. The summed E-state index contributed by atoms with van der Waals surface area (Å²) >= 11 is 12.7. The number of benzene rings is 1. The SMILES string of the molecule is O=S1(=O)C[C@H](NC(=S)Nc2nc(-c3ccc4c(c3)OCCO4)cs2)[C@@H](Cl)C1. The number of fused-ring (bicyclic) bond motifs is 1. The maximum atomic E-state index is 11.6. The van der Waals surface area contributed by atoms with E-state index in [1.807, 2.05) is 23.6 Å². The minimum absolute atomic E-state index is 0.0245. The van der Waals surface area contributed by atoms with Crippen LogP contribution in [0.1, 0.15) is 0 Å². The van der Waals surface area contributed by atoms with Gasteiger partial charge in [0.15, 0.2) is 31.6 Å². The molecule has 0 aliphatic carbocycles. The van der Waals surface area contributed by atoms with E-state index in [-0.39, 0.29) is 11.5 Å². The number of alkyl halides is 1. The number of ether oxygens (including phenoxy) is 2. The van der Waals surface area contributed by atoms with E-state index in [1.165, 1.54) is 11.3 Å². The van der Waals surface area contributed by atoms with Gasteiger partial charge in [-0.1, -0.05) is 0 Å². The van der Waals surface area contributed by atoms with Crippen molar-refractivity contribution in [3.63, 3.8) is 0 Å². The third kappa shape index (κ3) is 4.29. The van der Waals surface area contributed by atoms with Gasteiger partial charge in [-0.05, 0) is 30.4 Å². The van der Waals surface area contributed by atoms with Gasteiger partial charge in [0.2, 0.25) is 0 Å². The van der Waals surface area contributed by atoms with Gasteiger partial charge >= 0.3 is 0 Å². The fourth-order valence-electron chi connectivity index (χ4n) is 2.90. The van der Waals surface area contributed by atoms with Gasteiger partial charge in [0.05, 0.1) is 28.6 Å². The van der Waals surface area contributed by atoms with Crippen LogP contribution < -0.4 is 20.1 Å². The van der Waals surface area contributed by atoms with Crippen molar-refractivity contribution >= 4 is 55.2 Å². The van der Waals surface area contributed by atoms with E-state index >= 15 is 0 Å². The molecule has 0 unspecified atom stereocenters. The second kappa shape index (κ2) is 7.42. The Hall–Kier alpha value is -1.62. The smallest absolute Gasteiger partial charge is 0.189 e. The minimum atomic E-state index is -3.12. The molecule has 2 aliphatic heterocycles. The number of thiazole rings is 1. The molecule has 0 spiro atoms. The molecule has 0 saturated carbocycles. The molecule has 2 aromatic rings. The Bertz CT molecular complexity index is 979. The van der Waals surface area contributed by atoms with Gasteiger partial charge in [-0.25, -0.2) is 13.4 Å². The number of thiocarbonyl (C=S) groups is 1. The third-order valence-corrected chi connectivity index (χ3v) is 7.52. The Morgan fingerprint density at radius 3 is 2.78 bits per heavy atom. The van der Waals surface area contributed by atoms with E-state index in [9.17, 15) is 8.42 Å². The van der Waals surface area contributed by atoms with E-state index in [0.29, 0.717) is 29.2 Å². The number of aromatic nitrogens is 1. The van der Waals surface area contributed by atoms with Gasteiger partial charge in [-0.2, -0.15) is 0 Å². The lowest BCUT2D eigenvalue weighted by atomic mass is 10.1. The number of hydrogen-bond acceptors (Lipinski definition) is 7. The van der Waals surface area contributed by atoms with Crippen LogP contribution in [-0.2, 0) is 9.84 Å². The molecule has 1 fully saturated rings. The van der Waals surface area contributed by atoms with Gasteiger partial charge in [0.25, 0.3) is 0 Å². The van der Waals surface area contributed by atoms with E-state index in [2.05, 4.69) is 15.6 Å². The van der Waals surface area contributed by atoms with Crippen molar-refractivity contribution in [2.75, 3.05) is 30.0 Å². The Balaban J connectivity index is 1.42. The molecule has 1 aromatic heterocycles. The molecule has 144 valence electrons. The predicted molar refractivity (Wildman–Crippen MR) is 110 cm³/mol. The third-order valence-electron chi connectivity index (χ3n) is 4.16. The monoisotopic (exact) mass is 445 g/mol. The quantitative estimate of drug-likeness (QED) is 0.549. The summed E-state index contributed by atoms with van der Waals surface area (Å²) in [7, 11) is -3.12. The molecule has 2 atom stereocenters. The highest BCUT2D eigenvalue weighted by Crippen LogP contribution is 2.35. The standard InChI is InChI=1S/C16H16ClN3O4S3/c17-10-7-27(21,22)8-12(10)18-15(25)20-16-19-11(6-26-16)9-1-2-13-14(5-9)24-4-3-23-13/h1-2,5-6,10,12H,3-4,7-8H2,(H2,18,19,20,25)/t10-,12-/m0/s1. The van der Waals surface area contributed by atoms with Crippen molar-refractivity contribution in [1.82, 2.24) is 10.3 Å². The van der Waals surface area contributed by atoms with Crippen LogP contribution in [0.25, 0.3) is 11.3 Å². The lowest BCUT2D eigenvalue weighted by Crippen LogP contribution is -2.42. The first-order chi connectivity index (χ1) is 12.9. The summed E-state index contributed by atoms with van der Waals surface area (Å²) in [4.78, 5) is 4.52. The maximum Gasteiger partial charge on any atom is 0.189 e. The normalized spacial score (nSPS) is 23.0.